The van der Waals surface area contributed by atoms with E-state index >= 15 is 0 Å². The summed E-state index contributed by atoms with van der Waals surface area (Å²) in [6.45, 7) is 3.24. The SMILES string of the molecule is Cn1cccc1C1CCCN1CC(=O)N1CCc2sccc2C1. The van der Waals surface area contributed by atoms with Gasteiger partial charge >= 0.3 is 0 Å². The molecular weight excluding hydrogens is 306 g/mol. The van der Waals surface area contributed by atoms with Gasteiger partial charge in [-0.05, 0) is 54.9 Å². The van der Waals surface area contributed by atoms with Crippen LogP contribution in [0.1, 0.15) is 35.0 Å². The lowest BCUT2D eigenvalue weighted by molar-refractivity contribution is -0.133. The number of carbonyl (C=O) groups is 1. The van der Waals surface area contributed by atoms with E-state index in [2.05, 4.69) is 46.3 Å². The fourth-order valence-electron chi connectivity index (χ4n) is 3.91. The second kappa shape index (κ2) is 6.13. The van der Waals surface area contributed by atoms with Crippen molar-refractivity contribution in [2.75, 3.05) is 19.6 Å². The van der Waals surface area contributed by atoms with Gasteiger partial charge in [-0.15, -0.1) is 11.3 Å². The van der Waals surface area contributed by atoms with Crippen LogP contribution in [0.3, 0.4) is 0 Å². The molecule has 0 bridgehead atoms. The van der Waals surface area contributed by atoms with Gasteiger partial charge in [-0.3, -0.25) is 9.69 Å². The fourth-order valence-corrected chi connectivity index (χ4v) is 4.80. The first-order chi connectivity index (χ1) is 11.2. The molecule has 1 fully saturated rings. The van der Waals surface area contributed by atoms with Crippen LogP contribution < -0.4 is 0 Å². The highest BCUT2D eigenvalue weighted by atomic mass is 32.1. The number of carbonyl (C=O) groups excluding carboxylic acids is 1. The van der Waals surface area contributed by atoms with Gasteiger partial charge in [-0.1, -0.05) is 0 Å². The van der Waals surface area contributed by atoms with Crippen LogP contribution in [-0.2, 0) is 24.8 Å². The van der Waals surface area contributed by atoms with E-state index in [4.69, 9.17) is 0 Å². The number of amides is 1. The summed E-state index contributed by atoms with van der Waals surface area (Å²) in [6.07, 6.45) is 5.44. The fraction of sp³-hybridized carbons (Fsp3) is 0.500. The van der Waals surface area contributed by atoms with Gasteiger partial charge in [0.25, 0.3) is 0 Å². The molecule has 0 N–H and O–H groups in total. The van der Waals surface area contributed by atoms with E-state index in [0.717, 1.165) is 32.5 Å². The zero-order valence-corrected chi connectivity index (χ0v) is 14.4. The van der Waals surface area contributed by atoms with Crippen LogP contribution in [0.4, 0.5) is 0 Å². The minimum Gasteiger partial charge on any atom is -0.353 e. The van der Waals surface area contributed by atoms with E-state index in [-0.39, 0.29) is 5.91 Å². The minimum absolute atomic E-state index is 0.281. The highest BCUT2D eigenvalue weighted by molar-refractivity contribution is 7.10. The normalized spacial score (nSPS) is 21.6. The number of rotatable bonds is 3. The Morgan fingerprint density at radius 1 is 1.35 bits per heavy atom. The van der Waals surface area contributed by atoms with Gasteiger partial charge in [0, 0.05) is 36.9 Å². The predicted octanol–water partition coefficient (Wildman–Crippen LogP) is 2.81. The van der Waals surface area contributed by atoms with Crippen molar-refractivity contribution in [3.05, 3.63) is 45.9 Å². The highest BCUT2D eigenvalue weighted by Gasteiger charge is 2.31. The van der Waals surface area contributed by atoms with Gasteiger partial charge in [0.05, 0.1) is 12.6 Å². The third kappa shape index (κ3) is 2.83. The van der Waals surface area contributed by atoms with E-state index in [1.807, 2.05) is 16.2 Å². The van der Waals surface area contributed by atoms with E-state index in [0.29, 0.717) is 12.6 Å². The summed E-state index contributed by atoms with van der Waals surface area (Å²) in [5.74, 6) is 0.281. The summed E-state index contributed by atoms with van der Waals surface area (Å²) < 4.78 is 2.19. The van der Waals surface area contributed by atoms with E-state index in [9.17, 15) is 4.79 Å². The second-order valence-corrected chi connectivity index (χ2v) is 7.61. The monoisotopic (exact) mass is 329 g/mol. The molecule has 0 spiro atoms. The summed E-state index contributed by atoms with van der Waals surface area (Å²) in [6, 6.07) is 6.84. The minimum atomic E-state index is 0.281. The summed E-state index contributed by atoms with van der Waals surface area (Å²) in [7, 11) is 2.09. The first kappa shape index (κ1) is 15.0. The molecule has 0 aliphatic carbocycles. The maximum absolute atomic E-state index is 12.8. The molecule has 0 aromatic carbocycles. The van der Waals surface area contributed by atoms with Crippen molar-refractivity contribution < 1.29 is 4.79 Å². The predicted molar refractivity (Wildman–Crippen MR) is 92.4 cm³/mol. The van der Waals surface area contributed by atoms with Crippen molar-refractivity contribution in [2.45, 2.75) is 31.8 Å². The Morgan fingerprint density at radius 2 is 2.26 bits per heavy atom. The van der Waals surface area contributed by atoms with E-state index in [1.54, 1.807) is 0 Å². The van der Waals surface area contributed by atoms with Crippen molar-refractivity contribution in [3.63, 3.8) is 0 Å². The molecule has 4 heterocycles. The number of thiophene rings is 1. The Kier molecular flexibility index (Phi) is 3.99. The molecule has 23 heavy (non-hydrogen) atoms. The quantitative estimate of drug-likeness (QED) is 0.866. The van der Waals surface area contributed by atoms with Crippen LogP contribution in [0, 0.1) is 0 Å². The molecule has 0 radical (unpaired) electrons. The Bertz CT molecular complexity index is 705. The lowest BCUT2D eigenvalue weighted by Gasteiger charge is -2.31. The van der Waals surface area contributed by atoms with Crippen LogP contribution in [0.25, 0.3) is 0 Å². The number of aromatic nitrogens is 1. The van der Waals surface area contributed by atoms with Crippen LogP contribution in [0.2, 0.25) is 0 Å². The molecule has 2 aliphatic rings. The molecule has 1 unspecified atom stereocenters. The Balaban J connectivity index is 1.43. The zero-order chi connectivity index (χ0) is 15.8. The maximum atomic E-state index is 12.8. The first-order valence-corrected chi connectivity index (χ1v) is 9.28. The molecule has 1 saturated heterocycles. The van der Waals surface area contributed by atoms with Crippen LogP contribution in [0.15, 0.2) is 29.8 Å². The standard InChI is InChI=1S/C18H23N3OS/c1-19-8-2-4-15(19)16-5-3-9-20(16)13-18(22)21-10-6-17-14(12-21)7-11-23-17/h2,4,7-8,11,16H,3,5-6,9-10,12-13H2,1H3. The molecule has 1 amide bonds. The van der Waals surface area contributed by atoms with Crippen LogP contribution >= 0.6 is 11.3 Å². The van der Waals surface area contributed by atoms with Crippen molar-refractivity contribution in [2.24, 2.45) is 7.05 Å². The lowest BCUT2D eigenvalue weighted by atomic mass is 10.1. The summed E-state index contributed by atoms with van der Waals surface area (Å²) in [5, 5.41) is 2.14. The zero-order valence-electron chi connectivity index (χ0n) is 13.6. The number of fused-ring (bicyclic) bond motifs is 1. The summed E-state index contributed by atoms with van der Waals surface area (Å²) >= 11 is 1.82. The number of hydrogen-bond donors (Lipinski definition) is 0. The van der Waals surface area contributed by atoms with Gasteiger partial charge < -0.3 is 9.47 Å². The maximum Gasteiger partial charge on any atom is 0.237 e. The second-order valence-electron chi connectivity index (χ2n) is 6.61. The van der Waals surface area contributed by atoms with E-state index < -0.39 is 0 Å². The van der Waals surface area contributed by atoms with Crippen molar-refractivity contribution in [3.8, 4) is 0 Å². The number of nitrogens with zero attached hydrogens (tertiary/aromatic N) is 3. The van der Waals surface area contributed by atoms with Crippen molar-refractivity contribution in [1.29, 1.82) is 0 Å². The number of likely N-dealkylation sites (tertiary alicyclic amines) is 1. The Morgan fingerprint density at radius 3 is 3.09 bits per heavy atom. The summed E-state index contributed by atoms with van der Waals surface area (Å²) in [4.78, 5) is 18.6. The van der Waals surface area contributed by atoms with Gasteiger partial charge in [0.1, 0.15) is 0 Å². The molecule has 5 heteroatoms. The topological polar surface area (TPSA) is 28.5 Å². The summed E-state index contributed by atoms with van der Waals surface area (Å²) in [5.41, 5.74) is 2.67. The van der Waals surface area contributed by atoms with Crippen molar-refractivity contribution in [1.82, 2.24) is 14.4 Å². The van der Waals surface area contributed by atoms with Gasteiger partial charge in [0.2, 0.25) is 5.91 Å². The first-order valence-electron chi connectivity index (χ1n) is 8.40. The molecule has 0 saturated carbocycles. The van der Waals surface area contributed by atoms with Gasteiger partial charge in [-0.2, -0.15) is 0 Å². The number of aryl methyl sites for hydroxylation is 1. The Labute approximate surface area is 141 Å². The average molecular weight is 329 g/mol. The van der Waals surface area contributed by atoms with Gasteiger partial charge in [0.15, 0.2) is 0 Å². The third-order valence-corrected chi connectivity index (χ3v) is 6.21. The molecule has 1 atom stereocenters. The molecule has 2 aliphatic heterocycles. The molecule has 4 nitrogen and oxygen atoms in total. The Hall–Kier alpha value is -1.59. The van der Waals surface area contributed by atoms with Crippen molar-refractivity contribution >= 4 is 17.2 Å². The van der Waals surface area contributed by atoms with Crippen LogP contribution in [-0.4, -0.2) is 39.9 Å². The smallest absolute Gasteiger partial charge is 0.237 e. The highest BCUT2D eigenvalue weighted by Crippen LogP contribution is 2.32. The van der Waals surface area contributed by atoms with Gasteiger partial charge in [-0.25, -0.2) is 0 Å². The van der Waals surface area contributed by atoms with Crippen LogP contribution in [0.5, 0.6) is 0 Å². The lowest BCUT2D eigenvalue weighted by Crippen LogP contribution is -2.42. The average Bonchev–Trinajstić information content (AvgIpc) is 3.26. The molecule has 122 valence electrons. The third-order valence-electron chi connectivity index (χ3n) is 5.19. The van der Waals surface area contributed by atoms with E-state index in [1.165, 1.54) is 22.6 Å². The number of hydrogen-bond acceptors (Lipinski definition) is 3. The molecule has 2 aromatic rings. The molecule has 2 aromatic heterocycles. The molecule has 4 rings (SSSR count). The molecular formula is C18H23N3OS. The largest absolute Gasteiger partial charge is 0.353 e.